The number of para-hydroxylation sites is 1. The van der Waals surface area contributed by atoms with Crippen molar-refractivity contribution >= 4 is 5.91 Å². The lowest BCUT2D eigenvalue weighted by molar-refractivity contribution is -0.132. The number of hydrogen-bond donors (Lipinski definition) is 0. The highest BCUT2D eigenvalue weighted by molar-refractivity contribution is 5.77. The maximum absolute atomic E-state index is 13.5. The maximum atomic E-state index is 13.5. The van der Waals surface area contributed by atoms with Crippen molar-refractivity contribution in [1.29, 1.82) is 0 Å². The standard InChI is InChI=1S/C19H18FN3O3/c1-13-6-5-7-14(10-13)19-21-17(26-22-19)11-23(2)18(24)12-25-16-9-4-3-8-15(16)20/h3-10H,11-12H2,1-2H3. The fraction of sp³-hybridized carbons (Fsp3) is 0.211. The van der Waals surface area contributed by atoms with E-state index in [1.165, 1.54) is 17.0 Å². The van der Waals surface area contributed by atoms with Crippen molar-refractivity contribution in [3.8, 4) is 17.1 Å². The van der Waals surface area contributed by atoms with Crippen molar-refractivity contribution in [2.45, 2.75) is 13.5 Å². The molecule has 2 aromatic carbocycles. The summed E-state index contributed by atoms with van der Waals surface area (Å²) in [6, 6.07) is 13.7. The number of halogens is 1. The molecule has 1 aromatic heterocycles. The van der Waals surface area contributed by atoms with Crippen molar-refractivity contribution in [3.63, 3.8) is 0 Å². The normalized spacial score (nSPS) is 10.6. The highest BCUT2D eigenvalue weighted by Crippen LogP contribution is 2.18. The topological polar surface area (TPSA) is 68.5 Å². The van der Waals surface area contributed by atoms with Gasteiger partial charge in [0.1, 0.15) is 0 Å². The van der Waals surface area contributed by atoms with Gasteiger partial charge in [0.25, 0.3) is 5.91 Å². The predicted octanol–water partition coefficient (Wildman–Crippen LogP) is 3.22. The van der Waals surface area contributed by atoms with Gasteiger partial charge in [-0.05, 0) is 25.1 Å². The summed E-state index contributed by atoms with van der Waals surface area (Å²) in [5.41, 5.74) is 1.93. The molecule has 6 nitrogen and oxygen atoms in total. The summed E-state index contributed by atoms with van der Waals surface area (Å²) in [7, 11) is 1.59. The molecule has 0 bridgehead atoms. The van der Waals surface area contributed by atoms with Crippen LogP contribution in [0, 0.1) is 12.7 Å². The van der Waals surface area contributed by atoms with Gasteiger partial charge in [-0.3, -0.25) is 4.79 Å². The molecule has 1 heterocycles. The van der Waals surface area contributed by atoms with Gasteiger partial charge in [0.15, 0.2) is 18.2 Å². The molecule has 0 unspecified atom stereocenters. The van der Waals surface area contributed by atoms with E-state index in [2.05, 4.69) is 10.1 Å². The Morgan fingerprint density at radius 2 is 2.04 bits per heavy atom. The predicted molar refractivity (Wildman–Crippen MR) is 92.8 cm³/mol. The van der Waals surface area contributed by atoms with Crippen molar-refractivity contribution < 1.29 is 18.4 Å². The van der Waals surface area contributed by atoms with E-state index in [0.717, 1.165) is 11.1 Å². The summed E-state index contributed by atoms with van der Waals surface area (Å²) < 4.78 is 23.9. The van der Waals surface area contributed by atoms with E-state index < -0.39 is 5.82 Å². The Balaban J connectivity index is 1.58. The van der Waals surface area contributed by atoms with Crippen molar-refractivity contribution in [1.82, 2.24) is 15.0 Å². The van der Waals surface area contributed by atoms with E-state index in [-0.39, 0.29) is 24.8 Å². The van der Waals surface area contributed by atoms with Crippen LogP contribution in [-0.4, -0.2) is 34.6 Å². The summed E-state index contributed by atoms with van der Waals surface area (Å²) >= 11 is 0. The smallest absolute Gasteiger partial charge is 0.260 e. The van der Waals surface area contributed by atoms with Crippen LogP contribution in [0.1, 0.15) is 11.5 Å². The molecule has 26 heavy (non-hydrogen) atoms. The van der Waals surface area contributed by atoms with Gasteiger partial charge in [-0.25, -0.2) is 4.39 Å². The van der Waals surface area contributed by atoms with Gasteiger partial charge in [-0.1, -0.05) is 41.1 Å². The van der Waals surface area contributed by atoms with E-state index in [9.17, 15) is 9.18 Å². The number of aryl methyl sites for hydroxylation is 1. The zero-order valence-corrected chi connectivity index (χ0v) is 14.5. The van der Waals surface area contributed by atoms with Crippen LogP contribution >= 0.6 is 0 Å². The highest BCUT2D eigenvalue weighted by atomic mass is 19.1. The molecule has 0 N–H and O–H groups in total. The number of rotatable bonds is 6. The van der Waals surface area contributed by atoms with Crippen LogP contribution in [-0.2, 0) is 11.3 Å². The molecule has 3 rings (SSSR count). The van der Waals surface area contributed by atoms with Gasteiger partial charge in [0.2, 0.25) is 11.7 Å². The molecule has 0 atom stereocenters. The molecule has 1 amide bonds. The van der Waals surface area contributed by atoms with Crippen LogP contribution in [0.4, 0.5) is 4.39 Å². The first-order chi connectivity index (χ1) is 12.5. The number of benzene rings is 2. The van der Waals surface area contributed by atoms with Crippen LogP contribution < -0.4 is 4.74 Å². The number of carbonyl (C=O) groups is 1. The van der Waals surface area contributed by atoms with Gasteiger partial charge in [-0.15, -0.1) is 0 Å². The number of likely N-dealkylation sites (N-methyl/N-ethyl adjacent to an activating group) is 1. The minimum absolute atomic E-state index is 0.0359. The largest absolute Gasteiger partial charge is 0.481 e. The SMILES string of the molecule is Cc1cccc(-c2noc(CN(C)C(=O)COc3ccccc3F)n2)c1. The van der Waals surface area contributed by atoms with E-state index in [0.29, 0.717) is 11.7 Å². The van der Waals surface area contributed by atoms with Crippen molar-refractivity contribution in [3.05, 3.63) is 65.8 Å². The zero-order chi connectivity index (χ0) is 18.5. The lowest BCUT2D eigenvalue weighted by atomic mass is 10.1. The number of nitrogens with zero attached hydrogens (tertiary/aromatic N) is 3. The molecule has 0 aliphatic carbocycles. The molecule has 0 aliphatic rings. The first-order valence-electron chi connectivity index (χ1n) is 8.04. The van der Waals surface area contributed by atoms with Crippen LogP contribution in [0.25, 0.3) is 11.4 Å². The molecule has 7 heteroatoms. The summed E-state index contributed by atoms with van der Waals surface area (Å²) in [6.07, 6.45) is 0. The zero-order valence-electron chi connectivity index (χ0n) is 14.5. The molecule has 0 saturated heterocycles. The molecule has 3 aromatic rings. The second-order valence-electron chi connectivity index (χ2n) is 5.85. The first-order valence-corrected chi connectivity index (χ1v) is 8.04. The Bertz CT molecular complexity index is 910. The van der Waals surface area contributed by atoms with Crippen LogP contribution in [0.5, 0.6) is 5.75 Å². The fourth-order valence-corrected chi connectivity index (χ4v) is 2.32. The average Bonchev–Trinajstić information content (AvgIpc) is 3.09. The molecule has 0 fully saturated rings. The number of ether oxygens (including phenoxy) is 1. The van der Waals surface area contributed by atoms with E-state index in [4.69, 9.17) is 9.26 Å². The second kappa shape index (κ2) is 7.77. The Labute approximate surface area is 150 Å². The van der Waals surface area contributed by atoms with Gasteiger partial charge in [-0.2, -0.15) is 4.98 Å². The molecule has 0 aliphatic heterocycles. The first kappa shape index (κ1) is 17.6. The summed E-state index contributed by atoms with van der Waals surface area (Å²) in [5, 5.41) is 3.94. The van der Waals surface area contributed by atoms with Crippen molar-refractivity contribution in [2.24, 2.45) is 0 Å². The summed E-state index contributed by atoms with van der Waals surface area (Å²) in [5.74, 6) is -0.0320. The minimum Gasteiger partial charge on any atom is -0.481 e. The number of carbonyl (C=O) groups excluding carboxylic acids is 1. The fourth-order valence-electron chi connectivity index (χ4n) is 2.32. The molecular formula is C19H18FN3O3. The van der Waals surface area contributed by atoms with Gasteiger partial charge >= 0.3 is 0 Å². The lowest BCUT2D eigenvalue weighted by Gasteiger charge is -2.15. The van der Waals surface area contributed by atoms with E-state index in [1.54, 1.807) is 19.2 Å². The average molecular weight is 355 g/mol. The summed E-state index contributed by atoms with van der Waals surface area (Å²) in [6.45, 7) is 1.83. The third-order valence-corrected chi connectivity index (χ3v) is 3.73. The Morgan fingerprint density at radius 1 is 1.23 bits per heavy atom. The van der Waals surface area contributed by atoms with Gasteiger partial charge in [0, 0.05) is 12.6 Å². The third kappa shape index (κ3) is 4.24. The summed E-state index contributed by atoms with van der Waals surface area (Å²) in [4.78, 5) is 17.8. The van der Waals surface area contributed by atoms with E-state index >= 15 is 0 Å². The number of amides is 1. The lowest BCUT2D eigenvalue weighted by Crippen LogP contribution is -2.31. The number of aromatic nitrogens is 2. The monoisotopic (exact) mass is 355 g/mol. The maximum Gasteiger partial charge on any atom is 0.260 e. The highest BCUT2D eigenvalue weighted by Gasteiger charge is 2.16. The van der Waals surface area contributed by atoms with Crippen LogP contribution in [0.3, 0.4) is 0 Å². The van der Waals surface area contributed by atoms with Gasteiger partial charge in [0.05, 0.1) is 6.54 Å². The Kier molecular flexibility index (Phi) is 5.26. The van der Waals surface area contributed by atoms with Gasteiger partial charge < -0.3 is 14.2 Å². The molecule has 134 valence electrons. The number of hydrogen-bond acceptors (Lipinski definition) is 5. The molecular weight excluding hydrogens is 337 g/mol. The molecule has 0 radical (unpaired) electrons. The Morgan fingerprint density at radius 3 is 2.81 bits per heavy atom. The van der Waals surface area contributed by atoms with Crippen molar-refractivity contribution in [2.75, 3.05) is 13.7 Å². The second-order valence-corrected chi connectivity index (χ2v) is 5.85. The molecule has 0 spiro atoms. The van der Waals surface area contributed by atoms with Crippen LogP contribution in [0.2, 0.25) is 0 Å². The Hall–Kier alpha value is -3.22. The quantitative estimate of drug-likeness (QED) is 0.679. The van der Waals surface area contributed by atoms with E-state index in [1.807, 2.05) is 31.2 Å². The minimum atomic E-state index is -0.511. The van der Waals surface area contributed by atoms with Crippen LogP contribution in [0.15, 0.2) is 53.1 Å². The third-order valence-electron chi connectivity index (χ3n) is 3.73. The molecule has 0 saturated carbocycles.